The molecule has 1 atom stereocenters. The summed E-state index contributed by atoms with van der Waals surface area (Å²) in [6.07, 6.45) is 3.25. The van der Waals surface area contributed by atoms with Gasteiger partial charge in [0.05, 0.1) is 6.04 Å². The Morgan fingerprint density at radius 1 is 1.47 bits per heavy atom. The molecule has 0 radical (unpaired) electrons. The van der Waals surface area contributed by atoms with E-state index in [1.54, 1.807) is 6.20 Å². The second kappa shape index (κ2) is 7.62. The SMILES string of the molecule is CC[C@H](N)C(=O)NCCCNc1ccccn1. The first-order valence-electron chi connectivity index (χ1n) is 5.92. The Morgan fingerprint density at radius 3 is 2.94 bits per heavy atom. The van der Waals surface area contributed by atoms with E-state index in [4.69, 9.17) is 5.73 Å². The van der Waals surface area contributed by atoms with Crippen LogP contribution < -0.4 is 16.4 Å². The van der Waals surface area contributed by atoms with Crippen LogP contribution in [0.1, 0.15) is 19.8 Å². The lowest BCUT2D eigenvalue weighted by Gasteiger charge is -2.10. The largest absolute Gasteiger partial charge is 0.370 e. The molecule has 0 spiro atoms. The van der Waals surface area contributed by atoms with Gasteiger partial charge < -0.3 is 16.4 Å². The maximum Gasteiger partial charge on any atom is 0.236 e. The molecule has 94 valence electrons. The summed E-state index contributed by atoms with van der Waals surface area (Å²) in [4.78, 5) is 15.5. The van der Waals surface area contributed by atoms with Gasteiger partial charge in [-0.05, 0) is 25.0 Å². The lowest BCUT2D eigenvalue weighted by Crippen LogP contribution is -2.40. The van der Waals surface area contributed by atoms with Crippen molar-refractivity contribution in [3.05, 3.63) is 24.4 Å². The molecule has 1 heterocycles. The molecule has 0 unspecified atom stereocenters. The van der Waals surface area contributed by atoms with E-state index in [0.717, 1.165) is 18.8 Å². The minimum Gasteiger partial charge on any atom is -0.370 e. The number of carbonyl (C=O) groups is 1. The van der Waals surface area contributed by atoms with Gasteiger partial charge in [-0.1, -0.05) is 13.0 Å². The van der Waals surface area contributed by atoms with Crippen molar-refractivity contribution in [2.45, 2.75) is 25.8 Å². The van der Waals surface area contributed by atoms with E-state index < -0.39 is 6.04 Å². The molecule has 0 aromatic carbocycles. The highest BCUT2D eigenvalue weighted by atomic mass is 16.2. The second-order valence-corrected chi connectivity index (χ2v) is 3.80. The smallest absolute Gasteiger partial charge is 0.236 e. The fraction of sp³-hybridized carbons (Fsp3) is 0.500. The van der Waals surface area contributed by atoms with Crippen LogP contribution in [-0.4, -0.2) is 30.0 Å². The highest BCUT2D eigenvalue weighted by molar-refractivity contribution is 5.81. The van der Waals surface area contributed by atoms with Gasteiger partial charge in [0.1, 0.15) is 5.82 Å². The number of amides is 1. The number of nitrogens with one attached hydrogen (secondary N) is 2. The van der Waals surface area contributed by atoms with Crippen molar-refractivity contribution < 1.29 is 4.79 Å². The third kappa shape index (κ3) is 5.31. The van der Waals surface area contributed by atoms with Crippen LogP contribution in [0, 0.1) is 0 Å². The molecule has 1 aromatic heterocycles. The van der Waals surface area contributed by atoms with E-state index in [1.165, 1.54) is 0 Å². The van der Waals surface area contributed by atoms with E-state index in [1.807, 2.05) is 25.1 Å². The van der Waals surface area contributed by atoms with Gasteiger partial charge in [-0.15, -0.1) is 0 Å². The third-order valence-corrected chi connectivity index (χ3v) is 2.40. The van der Waals surface area contributed by atoms with Gasteiger partial charge in [-0.25, -0.2) is 4.98 Å². The molecule has 5 heteroatoms. The Labute approximate surface area is 102 Å². The molecule has 17 heavy (non-hydrogen) atoms. The van der Waals surface area contributed by atoms with Crippen LogP contribution in [0.2, 0.25) is 0 Å². The molecular formula is C12H20N4O. The van der Waals surface area contributed by atoms with Crippen LogP contribution in [0.25, 0.3) is 0 Å². The number of rotatable bonds is 7. The molecule has 0 saturated carbocycles. The number of nitrogens with zero attached hydrogens (tertiary/aromatic N) is 1. The summed E-state index contributed by atoms with van der Waals surface area (Å²) in [7, 11) is 0. The van der Waals surface area contributed by atoms with E-state index >= 15 is 0 Å². The Kier molecular flexibility index (Phi) is 6.03. The van der Waals surface area contributed by atoms with Crippen molar-refractivity contribution in [2.24, 2.45) is 5.73 Å². The number of nitrogens with two attached hydrogens (primary N) is 1. The third-order valence-electron chi connectivity index (χ3n) is 2.40. The predicted molar refractivity (Wildman–Crippen MR) is 68.6 cm³/mol. The van der Waals surface area contributed by atoms with Crippen LogP contribution in [0.4, 0.5) is 5.82 Å². The molecule has 1 rings (SSSR count). The summed E-state index contributed by atoms with van der Waals surface area (Å²) >= 11 is 0. The molecule has 0 bridgehead atoms. The average molecular weight is 236 g/mol. The van der Waals surface area contributed by atoms with E-state index in [0.29, 0.717) is 13.0 Å². The first-order valence-corrected chi connectivity index (χ1v) is 5.92. The number of anilines is 1. The number of hydrogen-bond acceptors (Lipinski definition) is 4. The minimum atomic E-state index is -0.390. The van der Waals surface area contributed by atoms with Crippen LogP contribution in [0.5, 0.6) is 0 Å². The average Bonchev–Trinajstić information content (AvgIpc) is 2.38. The molecule has 0 aliphatic carbocycles. The topological polar surface area (TPSA) is 80.0 Å². The Balaban J connectivity index is 2.07. The van der Waals surface area contributed by atoms with Gasteiger partial charge in [0.2, 0.25) is 5.91 Å². The fourth-order valence-electron chi connectivity index (χ4n) is 1.30. The first-order chi connectivity index (χ1) is 8.24. The summed E-state index contributed by atoms with van der Waals surface area (Å²) < 4.78 is 0. The van der Waals surface area contributed by atoms with Crippen molar-refractivity contribution in [3.8, 4) is 0 Å². The Hall–Kier alpha value is -1.62. The summed E-state index contributed by atoms with van der Waals surface area (Å²) in [5.74, 6) is 0.773. The first kappa shape index (κ1) is 13.4. The van der Waals surface area contributed by atoms with Gasteiger partial charge >= 0.3 is 0 Å². The molecular weight excluding hydrogens is 216 g/mol. The standard InChI is InChI=1S/C12H20N4O/c1-2-10(13)12(17)16-9-5-8-15-11-6-3-4-7-14-11/h3-4,6-7,10H,2,5,8-9,13H2,1H3,(H,14,15)(H,16,17)/t10-/m0/s1. The van der Waals surface area contributed by atoms with E-state index in [9.17, 15) is 4.79 Å². The maximum absolute atomic E-state index is 11.3. The molecule has 0 aliphatic heterocycles. The lowest BCUT2D eigenvalue weighted by molar-refractivity contribution is -0.122. The normalized spacial score (nSPS) is 11.9. The van der Waals surface area contributed by atoms with E-state index in [-0.39, 0.29) is 5.91 Å². The summed E-state index contributed by atoms with van der Waals surface area (Å²) in [6, 6.07) is 5.32. The molecule has 5 nitrogen and oxygen atoms in total. The van der Waals surface area contributed by atoms with Crippen molar-refractivity contribution >= 4 is 11.7 Å². The maximum atomic E-state index is 11.3. The highest BCUT2D eigenvalue weighted by Crippen LogP contribution is 1.98. The fourth-order valence-corrected chi connectivity index (χ4v) is 1.30. The predicted octanol–water partition coefficient (Wildman–Crippen LogP) is 0.737. The Bertz CT molecular complexity index is 329. The lowest BCUT2D eigenvalue weighted by atomic mass is 10.2. The minimum absolute atomic E-state index is 0.0784. The van der Waals surface area contributed by atoms with Crippen LogP contribution in [0.3, 0.4) is 0 Å². The quantitative estimate of drug-likeness (QED) is 0.610. The van der Waals surface area contributed by atoms with Crippen molar-refractivity contribution in [1.82, 2.24) is 10.3 Å². The van der Waals surface area contributed by atoms with Crippen LogP contribution >= 0.6 is 0 Å². The van der Waals surface area contributed by atoms with Gasteiger partial charge in [0, 0.05) is 19.3 Å². The van der Waals surface area contributed by atoms with Gasteiger partial charge in [0.15, 0.2) is 0 Å². The number of pyridine rings is 1. The van der Waals surface area contributed by atoms with Crippen molar-refractivity contribution in [1.29, 1.82) is 0 Å². The summed E-state index contributed by atoms with van der Waals surface area (Å²) in [5.41, 5.74) is 5.58. The zero-order chi connectivity index (χ0) is 12.5. The second-order valence-electron chi connectivity index (χ2n) is 3.80. The molecule has 4 N–H and O–H groups in total. The van der Waals surface area contributed by atoms with Gasteiger partial charge in [-0.2, -0.15) is 0 Å². The summed E-state index contributed by atoms with van der Waals surface area (Å²) in [5, 5.41) is 5.96. The molecule has 0 fully saturated rings. The molecule has 0 aliphatic rings. The zero-order valence-corrected chi connectivity index (χ0v) is 10.1. The van der Waals surface area contributed by atoms with Crippen molar-refractivity contribution in [2.75, 3.05) is 18.4 Å². The monoisotopic (exact) mass is 236 g/mol. The van der Waals surface area contributed by atoms with Gasteiger partial charge in [-0.3, -0.25) is 4.79 Å². The van der Waals surface area contributed by atoms with Crippen LogP contribution in [0.15, 0.2) is 24.4 Å². The van der Waals surface area contributed by atoms with E-state index in [2.05, 4.69) is 15.6 Å². The number of carbonyl (C=O) groups excluding carboxylic acids is 1. The van der Waals surface area contributed by atoms with Crippen LogP contribution in [-0.2, 0) is 4.79 Å². The molecule has 1 amide bonds. The number of hydrogen-bond donors (Lipinski definition) is 3. The molecule has 1 aromatic rings. The van der Waals surface area contributed by atoms with Gasteiger partial charge in [0.25, 0.3) is 0 Å². The zero-order valence-electron chi connectivity index (χ0n) is 10.1. The summed E-state index contributed by atoms with van der Waals surface area (Å²) in [6.45, 7) is 3.30. The Morgan fingerprint density at radius 2 is 2.29 bits per heavy atom. The molecule has 0 saturated heterocycles. The highest BCUT2D eigenvalue weighted by Gasteiger charge is 2.08. The van der Waals surface area contributed by atoms with Crippen molar-refractivity contribution in [3.63, 3.8) is 0 Å². The number of aromatic nitrogens is 1.